The lowest BCUT2D eigenvalue weighted by atomic mass is 9.92. The second kappa shape index (κ2) is 6.15. The maximum Gasteiger partial charge on any atom is 0.0965 e. The van der Waals surface area contributed by atoms with Gasteiger partial charge in [-0.25, -0.2) is 0 Å². The van der Waals surface area contributed by atoms with Crippen LogP contribution < -0.4 is 0 Å². The van der Waals surface area contributed by atoms with Gasteiger partial charge in [0.2, 0.25) is 0 Å². The fourth-order valence-corrected chi connectivity index (χ4v) is 2.47. The van der Waals surface area contributed by atoms with E-state index < -0.39 is 6.10 Å². The highest BCUT2D eigenvalue weighted by molar-refractivity contribution is 5.24. The third-order valence-electron chi connectivity index (χ3n) is 3.07. The molecule has 0 spiro atoms. The summed E-state index contributed by atoms with van der Waals surface area (Å²) >= 11 is 0. The molecule has 0 aromatic carbocycles. The number of rotatable bonds is 5. The lowest BCUT2D eigenvalue weighted by Gasteiger charge is -2.19. The Morgan fingerprint density at radius 3 is 2.35 bits per heavy atom. The molecule has 0 bridgehead atoms. The van der Waals surface area contributed by atoms with E-state index in [1.165, 1.54) is 0 Å². The van der Waals surface area contributed by atoms with Crippen molar-refractivity contribution in [1.29, 1.82) is 0 Å². The van der Waals surface area contributed by atoms with E-state index in [1.807, 2.05) is 20.0 Å². The number of nitrogens with zero attached hydrogens (tertiary/aromatic N) is 1. The summed E-state index contributed by atoms with van der Waals surface area (Å²) in [6, 6.07) is 2.08. The zero-order valence-electron chi connectivity index (χ0n) is 11.7. The van der Waals surface area contributed by atoms with Crippen LogP contribution >= 0.6 is 0 Å². The van der Waals surface area contributed by atoms with E-state index in [-0.39, 0.29) is 0 Å². The molecule has 0 aliphatic rings. The van der Waals surface area contributed by atoms with E-state index in [0.29, 0.717) is 11.8 Å². The summed E-state index contributed by atoms with van der Waals surface area (Å²) < 4.78 is 0. The van der Waals surface area contributed by atoms with Crippen molar-refractivity contribution in [2.45, 2.75) is 53.6 Å². The average Bonchev–Trinajstić information content (AvgIpc) is 2.15. The van der Waals surface area contributed by atoms with Crippen molar-refractivity contribution in [3.05, 3.63) is 29.1 Å². The second-order valence-electron chi connectivity index (χ2n) is 5.70. The molecule has 1 aromatic rings. The van der Waals surface area contributed by atoms with Gasteiger partial charge in [0.1, 0.15) is 0 Å². The van der Waals surface area contributed by atoms with Crippen molar-refractivity contribution in [3.8, 4) is 0 Å². The maximum atomic E-state index is 10.2. The molecule has 0 saturated carbocycles. The number of hydrogen-bond acceptors (Lipinski definition) is 2. The van der Waals surface area contributed by atoms with Crippen molar-refractivity contribution in [1.82, 2.24) is 4.98 Å². The normalized spacial score (nSPS) is 15.0. The average molecular weight is 235 g/mol. The van der Waals surface area contributed by atoms with Crippen LogP contribution in [0.5, 0.6) is 0 Å². The van der Waals surface area contributed by atoms with Gasteiger partial charge in [-0.1, -0.05) is 26.8 Å². The van der Waals surface area contributed by atoms with E-state index in [2.05, 4.69) is 31.8 Å². The summed E-state index contributed by atoms with van der Waals surface area (Å²) in [5.74, 6) is 1.22. The molecule has 2 nitrogen and oxygen atoms in total. The lowest BCUT2D eigenvalue weighted by molar-refractivity contribution is 0.137. The molecule has 2 unspecified atom stereocenters. The number of aromatic nitrogens is 1. The standard InChI is InChI=1S/C15H25NO/c1-10(2)6-11(3)8-14(17)15-13(5)7-12(4)9-16-15/h7,9-11,14,17H,6,8H2,1-5H3. The van der Waals surface area contributed by atoms with Gasteiger partial charge in [-0.3, -0.25) is 4.98 Å². The van der Waals surface area contributed by atoms with E-state index in [1.54, 1.807) is 0 Å². The first-order valence-corrected chi connectivity index (χ1v) is 6.51. The Labute approximate surface area is 105 Å². The summed E-state index contributed by atoms with van der Waals surface area (Å²) in [6.45, 7) is 10.7. The quantitative estimate of drug-likeness (QED) is 0.842. The molecule has 2 heteroatoms. The van der Waals surface area contributed by atoms with E-state index in [0.717, 1.165) is 29.7 Å². The lowest BCUT2D eigenvalue weighted by Crippen LogP contribution is -2.10. The maximum absolute atomic E-state index is 10.2. The molecule has 0 amide bonds. The number of aryl methyl sites for hydroxylation is 2. The van der Waals surface area contributed by atoms with Gasteiger partial charge in [0.15, 0.2) is 0 Å². The van der Waals surface area contributed by atoms with Gasteiger partial charge in [0.05, 0.1) is 11.8 Å². The molecular formula is C15H25NO. The predicted octanol–water partition coefficient (Wildman–Crippen LogP) is 3.80. The number of aliphatic hydroxyl groups excluding tert-OH is 1. The Morgan fingerprint density at radius 1 is 1.18 bits per heavy atom. The third kappa shape index (κ3) is 4.47. The highest BCUT2D eigenvalue weighted by Gasteiger charge is 2.16. The van der Waals surface area contributed by atoms with Crippen molar-refractivity contribution in [2.75, 3.05) is 0 Å². The van der Waals surface area contributed by atoms with Crippen LogP contribution in [0.4, 0.5) is 0 Å². The zero-order chi connectivity index (χ0) is 13.0. The molecule has 1 rings (SSSR count). The van der Waals surface area contributed by atoms with Crippen LogP contribution in [0.15, 0.2) is 12.3 Å². The Balaban J connectivity index is 2.66. The minimum atomic E-state index is -0.427. The third-order valence-corrected chi connectivity index (χ3v) is 3.07. The Bertz CT molecular complexity index is 360. The first-order valence-electron chi connectivity index (χ1n) is 6.51. The molecule has 1 aromatic heterocycles. The van der Waals surface area contributed by atoms with E-state index in [4.69, 9.17) is 0 Å². The molecule has 17 heavy (non-hydrogen) atoms. The molecular weight excluding hydrogens is 210 g/mol. The Hall–Kier alpha value is -0.890. The first-order chi connectivity index (χ1) is 7.90. The predicted molar refractivity (Wildman–Crippen MR) is 71.9 cm³/mol. The summed E-state index contributed by atoms with van der Waals surface area (Å²) in [5, 5.41) is 10.2. The molecule has 0 aliphatic carbocycles. The number of pyridine rings is 1. The van der Waals surface area contributed by atoms with Crippen LogP contribution in [0.3, 0.4) is 0 Å². The molecule has 0 aliphatic heterocycles. The molecule has 0 radical (unpaired) electrons. The van der Waals surface area contributed by atoms with Gasteiger partial charge in [0, 0.05) is 6.20 Å². The number of hydrogen-bond donors (Lipinski definition) is 1. The molecule has 1 N–H and O–H groups in total. The molecule has 96 valence electrons. The van der Waals surface area contributed by atoms with Crippen LogP contribution in [0, 0.1) is 25.7 Å². The number of aliphatic hydroxyl groups is 1. The van der Waals surface area contributed by atoms with Crippen LogP contribution in [0.1, 0.15) is 56.5 Å². The van der Waals surface area contributed by atoms with Crippen LogP contribution in [-0.4, -0.2) is 10.1 Å². The highest BCUT2D eigenvalue weighted by Crippen LogP contribution is 2.25. The van der Waals surface area contributed by atoms with E-state index in [9.17, 15) is 5.11 Å². The monoisotopic (exact) mass is 235 g/mol. The van der Waals surface area contributed by atoms with Gasteiger partial charge in [-0.05, 0) is 49.7 Å². The van der Waals surface area contributed by atoms with Gasteiger partial charge >= 0.3 is 0 Å². The van der Waals surface area contributed by atoms with Crippen molar-refractivity contribution in [2.24, 2.45) is 11.8 Å². The molecule has 2 atom stereocenters. The SMILES string of the molecule is Cc1cnc(C(O)CC(C)CC(C)C)c(C)c1. The summed E-state index contributed by atoms with van der Waals surface area (Å²) in [6.07, 6.45) is 3.36. The fourth-order valence-electron chi connectivity index (χ4n) is 2.47. The molecule has 0 fully saturated rings. The largest absolute Gasteiger partial charge is 0.387 e. The van der Waals surface area contributed by atoms with Crippen molar-refractivity contribution >= 4 is 0 Å². The summed E-state index contributed by atoms with van der Waals surface area (Å²) in [7, 11) is 0. The first kappa shape index (κ1) is 14.2. The summed E-state index contributed by atoms with van der Waals surface area (Å²) in [4.78, 5) is 4.36. The minimum absolute atomic E-state index is 0.427. The van der Waals surface area contributed by atoms with Gasteiger partial charge in [-0.15, -0.1) is 0 Å². The van der Waals surface area contributed by atoms with Crippen LogP contribution in [0.25, 0.3) is 0 Å². The van der Waals surface area contributed by atoms with Crippen molar-refractivity contribution in [3.63, 3.8) is 0 Å². The second-order valence-corrected chi connectivity index (χ2v) is 5.70. The smallest absolute Gasteiger partial charge is 0.0965 e. The van der Waals surface area contributed by atoms with Crippen LogP contribution in [-0.2, 0) is 0 Å². The zero-order valence-corrected chi connectivity index (χ0v) is 11.7. The summed E-state index contributed by atoms with van der Waals surface area (Å²) in [5.41, 5.74) is 3.08. The minimum Gasteiger partial charge on any atom is -0.387 e. The van der Waals surface area contributed by atoms with Gasteiger partial charge in [0.25, 0.3) is 0 Å². The van der Waals surface area contributed by atoms with Crippen LogP contribution in [0.2, 0.25) is 0 Å². The highest BCUT2D eigenvalue weighted by atomic mass is 16.3. The Kier molecular flexibility index (Phi) is 5.13. The van der Waals surface area contributed by atoms with Crippen molar-refractivity contribution < 1.29 is 5.11 Å². The van der Waals surface area contributed by atoms with Gasteiger partial charge < -0.3 is 5.11 Å². The van der Waals surface area contributed by atoms with Gasteiger partial charge in [-0.2, -0.15) is 0 Å². The topological polar surface area (TPSA) is 33.1 Å². The molecule has 0 saturated heterocycles. The molecule has 1 heterocycles. The van der Waals surface area contributed by atoms with E-state index >= 15 is 0 Å². The Morgan fingerprint density at radius 2 is 1.82 bits per heavy atom. The fraction of sp³-hybridized carbons (Fsp3) is 0.667.